The maximum Gasteiger partial charge on any atom is 0.153 e. The molecule has 1 heterocycles. The second-order valence-corrected chi connectivity index (χ2v) is 5.15. The fraction of sp³-hybridized carbons (Fsp3) is 0.667. The first kappa shape index (κ1) is 10.1. The molecule has 3 nitrogen and oxygen atoms in total. The molecule has 78 valence electrons. The Labute approximate surface area is 92.6 Å². The first-order valence-electron chi connectivity index (χ1n) is 4.87. The minimum absolute atomic E-state index is 0.640. The van der Waals surface area contributed by atoms with Crippen molar-refractivity contribution in [3.8, 4) is 0 Å². The molecule has 14 heavy (non-hydrogen) atoms. The Morgan fingerprint density at radius 1 is 1.50 bits per heavy atom. The molecule has 0 radical (unpaired) electrons. The van der Waals surface area contributed by atoms with Gasteiger partial charge in [-0.05, 0) is 30.6 Å². The van der Waals surface area contributed by atoms with Crippen LogP contribution in [0.1, 0.15) is 25.7 Å². The summed E-state index contributed by atoms with van der Waals surface area (Å²) in [6, 6.07) is 0.640. The van der Waals surface area contributed by atoms with Crippen LogP contribution in [0, 0.1) is 0 Å². The summed E-state index contributed by atoms with van der Waals surface area (Å²) >= 11 is 3.15. The van der Waals surface area contributed by atoms with Crippen LogP contribution in [0.4, 0.5) is 10.8 Å². The molecule has 0 saturated heterocycles. The molecule has 2 rings (SSSR count). The van der Waals surface area contributed by atoms with Gasteiger partial charge < -0.3 is 11.1 Å². The molecule has 1 fully saturated rings. The summed E-state index contributed by atoms with van der Waals surface area (Å²) in [4.78, 5) is 1.11. The molecule has 3 N–H and O–H groups in total. The number of nitrogens with one attached hydrogen (secondary N) is 1. The molecule has 0 atom stereocenters. The Kier molecular flexibility index (Phi) is 3.18. The summed E-state index contributed by atoms with van der Waals surface area (Å²) in [5, 5.41) is 4.69. The van der Waals surface area contributed by atoms with E-state index in [-0.39, 0.29) is 0 Å². The van der Waals surface area contributed by atoms with E-state index in [2.05, 4.69) is 9.69 Å². The number of rotatable bonds is 3. The number of anilines is 2. The second kappa shape index (κ2) is 4.40. The van der Waals surface area contributed by atoms with Gasteiger partial charge in [0.05, 0.1) is 4.90 Å². The average Bonchev–Trinajstić information content (AvgIpc) is 2.77. The quantitative estimate of drug-likeness (QED) is 0.783. The maximum absolute atomic E-state index is 5.76. The van der Waals surface area contributed by atoms with E-state index in [4.69, 9.17) is 5.73 Å². The van der Waals surface area contributed by atoms with Gasteiger partial charge in [0.2, 0.25) is 0 Å². The lowest BCUT2D eigenvalue weighted by Gasteiger charge is -2.11. The number of aromatic nitrogens is 1. The van der Waals surface area contributed by atoms with Crippen molar-refractivity contribution in [1.29, 1.82) is 0 Å². The van der Waals surface area contributed by atoms with Gasteiger partial charge in [-0.2, -0.15) is 4.37 Å². The van der Waals surface area contributed by atoms with Crippen LogP contribution in [0.5, 0.6) is 0 Å². The Hall–Kier alpha value is -0.420. The molecule has 1 aromatic heterocycles. The standard InChI is InChI=1S/C9H15N3S2/c1-13-7-8(10)12-14-9(7)11-6-4-2-3-5-6/h6,11H,2-5H2,1H3,(H2,10,12). The molecule has 0 bridgehead atoms. The van der Waals surface area contributed by atoms with Crippen LogP contribution in [0.2, 0.25) is 0 Å². The van der Waals surface area contributed by atoms with E-state index in [0.717, 1.165) is 9.90 Å². The van der Waals surface area contributed by atoms with Crippen LogP contribution < -0.4 is 11.1 Å². The largest absolute Gasteiger partial charge is 0.382 e. The van der Waals surface area contributed by atoms with E-state index in [9.17, 15) is 0 Å². The fourth-order valence-corrected chi connectivity index (χ4v) is 3.45. The molecule has 0 aromatic carbocycles. The molecular formula is C9H15N3S2. The van der Waals surface area contributed by atoms with E-state index in [1.54, 1.807) is 11.8 Å². The SMILES string of the molecule is CSc1c(N)nsc1NC1CCCC1. The monoisotopic (exact) mass is 229 g/mol. The number of nitrogen functional groups attached to an aromatic ring is 1. The van der Waals surface area contributed by atoms with E-state index in [1.807, 2.05) is 6.26 Å². The topological polar surface area (TPSA) is 50.9 Å². The molecule has 1 aliphatic rings. The second-order valence-electron chi connectivity index (χ2n) is 3.56. The minimum atomic E-state index is 0.640. The predicted molar refractivity (Wildman–Crippen MR) is 64.2 cm³/mol. The number of hydrogen-bond acceptors (Lipinski definition) is 5. The highest BCUT2D eigenvalue weighted by Crippen LogP contribution is 2.36. The lowest BCUT2D eigenvalue weighted by molar-refractivity contribution is 0.756. The van der Waals surface area contributed by atoms with Crippen molar-refractivity contribution >= 4 is 34.1 Å². The van der Waals surface area contributed by atoms with E-state index in [1.165, 1.54) is 37.2 Å². The maximum atomic E-state index is 5.76. The van der Waals surface area contributed by atoms with Gasteiger partial charge in [0.1, 0.15) is 5.00 Å². The van der Waals surface area contributed by atoms with Crippen LogP contribution in [-0.4, -0.2) is 16.7 Å². The lowest BCUT2D eigenvalue weighted by Crippen LogP contribution is -2.13. The Bertz CT molecular complexity index is 305. The van der Waals surface area contributed by atoms with Gasteiger partial charge in [-0.1, -0.05) is 12.8 Å². The first-order valence-corrected chi connectivity index (χ1v) is 6.86. The van der Waals surface area contributed by atoms with E-state index in [0.29, 0.717) is 11.9 Å². The zero-order chi connectivity index (χ0) is 9.97. The summed E-state index contributed by atoms with van der Waals surface area (Å²) in [7, 11) is 0. The van der Waals surface area contributed by atoms with Crippen molar-refractivity contribution in [2.75, 3.05) is 17.3 Å². The summed E-state index contributed by atoms with van der Waals surface area (Å²) in [6.07, 6.45) is 7.30. The van der Waals surface area contributed by atoms with Crippen molar-refractivity contribution in [1.82, 2.24) is 4.37 Å². The van der Waals surface area contributed by atoms with E-state index >= 15 is 0 Å². The summed E-state index contributed by atoms with van der Waals surface area (Å²) < 4.78 is 4.17. The van der Waals surface area contributed by atoms with Gasteiger partial charge in [-0.25, -0.2) is 0 Å². The first-order chi connectivity index (χ1) is 6.81. The van der Waals surface area contributed by atoms with Crippen LogP contribution in [0.15, 0.2) is 4.90 Å². The summed E-state index contributed by atoms with van der Waals surface area (Å²) in [5.74, 6) is 0.669. The summed E-state index contributed by atoms with van der Waals surface area (Å²) in [6.45, 7) is 0. The third-order valence-corrected chi connectivity index (χ3v) is 4.31. The van der Waals surface area contributed by atoms with Crippen LogP contribution >= 0.6 is 23.3 Å². The van der Waals surface area contributed by atoms with Crippen molar-refractivity contribution in [2.45, 2.75) is 36.6 Å². The number of nitrogens with zero attached hydrogens (tertiary/aromatic N) is 1. The Morgan fingerprint density at radius 2 is 2.21 bits per heavy atom. The van der Waals surface area contributed by atoms with Crippen molar-refractivity contribution in [2.24, 2.45) is 0 Å². The average molecular weight is 229 g/mol. The molecule has 0 amide bonds. The zero-order valence-electron chi connectivity index (χ0n) is 8.25. The molecule has 0 spiro atoms. The third kappa shape index (κ3) is 1.98. The van der Waals surface area contributed by atoms with E-state index < -0.39 is 0 Å². The molecule has 0 unspecified atom stereocenters. The van der Waals surface area contributed by atoms with Gasteiger partial charge in [0.25, 0.3) is 0 Å². The van der Waals surface area contributed by atoms with Gasteiger partial charge in [0.15, 0.2) is 5.82 Å². The van der Waals surface area contributed by atoms with Crippen molar-refractivity contribution < 1.29 is 0 Å². The van der Waals surface area contributed by atoms with Crippen LogP contribution in [0.3, 0.4) is 0 Å². The molecule has 1 saturated carbocycles. The lowest BCUT2D eigenvalue weighted by atomic mass is 10.2. The third-order valence-electron chi connectivity index (χ3n) is 2.57. The smallest absolute Gasteiger partial charge is 0.153 e. The van der Waals surface area contributed by atoms with Gasteiger partial charge >= 0.3 is 0 Å². The van der Waals surface area contributed by atoms with Crippen LogP contribution in [-0.2, 0) is 0 Å². The zero-order valence-corrected chi connectivity index (χ0v) is 9.88. The van der Waals surface area contributed by atoms with Gasteiger partial charge in [0, 0.05) is 6.04 Å². The Balaban J connectivity index is 2.07. The highest BCUT2D eigenvalue weighted by atomic mass is 32.2. The van der Waals surface area contributed by atoms with Crippen LogP contribution in [0.25, 0.3) is 0 Å². The van der Waals surface area contributed by atoms with Gasteiger partial charge in [-0.15, -0.1) is 11.8 Å². The number of thioether (sulfide) groups is 1. The Morgan fingerprint density at radius 3 is 2.86 bits per heavy atom. The number of nitrogens with two attached hydrogens (primary N) is 1. The molecule has 5 heteroatoms. The molecule has 1 aliphatic carbocycles. The fourth-order valence-electron chi connectivity index (χ4n) is 1.84. The number of hydrogen-bond donors (Lipinski definition) is 2. The predicted octanol–water partition coefficient (Wildman–Crippen LogP) is 2.80. The normalized spacial score (nSPS) is 17.5. The highest BCUT2D eigenvalue weighted by molar-refractivity contribution is 7.99. The highest BCUT2D eigenvalue weighted by Gasteiger charge is 2.18. The van der Waals surface area contributed by atoms with Crippen molar-refractivity contribution in [3.63, 3.8) is 0 Å². The van der Waals surface area contributed by atoms with Crippen molar-refractivity contribution in [3.05, 3.63) is 0 Å². The molecule has 1 aromatic rings. The summed E-state index contributed by atoms with van der Waals surface area (Å²) in [5.41, 5.74) is 5.76. The molecule has 0 aliphatic heterocycles. The van der Waals surface area contributed by atoms with Gasteiger partial charge in [-0.3, -0.25) is 0 Å². The molecular weight excluding hydrogens is 214 g/mol. The minimum Gasteiger partial charge on any atom is -0.382 e.